The van der Waals surface area contributed by atoms with Gasteiger partial charge in [-0.3, -0.25) is 9.59 Å². The third-order valence-corrected chi connectivity index (χ3v) is 10.3. The number of nitrogens with zero attached hydrogens (tertiary/aromatic N) is 2. The number of hydrogen-bond donors (Lipinski definition) is 2. The van der Waals surface area contributed by atoms with Crippen LogP contribution in [-0.4, -0.2) is 77.7 Å². The van der Waals surface area contributed by atoms with Gasteiger partial charge in [0.2, 0.25) is 0 Å². The second-order valence-corrected chi connectivity index (χ2v) is 13.9. The Morgan fingerprint density at radius 1 is 1.12 bits per heavy atom. The minimum Gasteiger partial charge on any atom is -0.369 e. The number of alkyl halides is 8. The largest absolute Gasteiger partial charge is 0.430 e. The van der Waals surface area contributed by atoms with Crippen LogP contribution in [0.3, 0.4) is 0 Å². The van der Waals surface area contributed by atoms with Crippen molar-refractivity contribution >= 4 is 33.0 Å². The van der Waals surface area contributed by atoms with Gasteiger partial charge in [-0.05, 0) is 38.7 Å². The van der Waals surface area contributed by atoms with Crippen LogP contribution in [0, 0.1) is 0 Å². The van der Waals surface area contributed by atoms with Gasteiger partial charge in [-0.15, -0.1) is 11.3 Å². The number of aliphatic hydroxyl groups is 1. The normalized spacial score (nSPS) is 21.7. The minimum atomic E-state index is -6.33. The number of halogens is 8. The number of rotatable bonds is 7. The van der Waals surface area contributed by atoms with Gasteiger partial charge in [0.05, 0.1) is 10.1 Å². The van der Waals surface area contributed by atoms with Gasteiger partial charge in [-0.2, -0.15) is 26.3 Å². The van der Waals surface area contributed by atoms with Gasteiger partial charge < -0.3 is 15.3 Å². The molecule has 0 radical (unpaired) electrons. The highest BCUT2D eigenvalue weighted by molar-refractivity contribution is 7.91. The maximum Gasteiger partial charge on any atom is 0.430 e. The van der Waals surface area contributed by atoms with Crippen LogP contribution >= 0.6 is 11.3 Å². The molecular formula is C25H25F8N3O5S2. The Balaban J connectivity index is 1.80. The molecule has 2 N–H and O–H groups in total. The molecule has 0 spiro atoms. The first-order valence-electron chi connectivity index (χ1n) is 12.8. The van der Waals surface area contributed by atoms with Gasteiger partial charge in [0.15, 0.2) is 5.01 Å². The van der Waals surface area contributed by atoms with Gasteiger partial charge >= 0.3 is 12.4 Å². The fraction of sp³-hybridized carbons (Fsp3) is 0.560. The minimum absolute atomic E-state index is 0.0954. The molecule has 1 aromatic heterocycles. The number of thiazole rings is 1. The van der Waals surface area contributed by atoms with Crippen LogP contribution in [0.2, 0.25) is 0 Å². The van der Waals surface area contributed by atoms with E-state index in [-0.39, 0.29) is 37.6 Å². The van der Waals surface area contributed by atoms with E-state index in [9.17, 15) is 58.2 Å². The lowest BCUT2D eigenvalue weighted by Gasteiger charge is -2.34. The lowest BCUT2D eigenvalue weighted by molar-refractivity contribution is -0.376. The zero-order chi connectivity index (χ0) is 32.3. The summed E-state index contributed by atoms with van der Waals surface area (Å²) >= 11 is 0.419. The molecule has 1 saturated heterocycles. The number of nitrogens with one attached hydrogen (secondary N) is 1. The summed E-state index contributed by atoms with van der Waals surface area (Å²) in [6, 6.07) is -0.356. The summed E-state index contributed by atoms with van der Waals surface area (Å²) in [7, 11) is -3.35. The molecule has 2 amide bonds. The molecule has 43 heavy (non-hydrogen) atoms. The van der Waals surface area contributed by atoms with Gasteiger partial charge in [-0.25, -0.2) is 22.2 Å². The van der Waals surface area contributed by atoms with Gasteiger partial charge in [0.1, 0.15) is 15.5 Å². The van der Waals surface area contributed by atoms with E-state index in [0.29, 0.717) is 30.2 Å². The van der Waals surface area contributed by atoms with Crippen molar-refractivity contribution < 1.29 is 58.2 Å². The molecule has 238 valence electrons. The fourth-order valence-corrected chi connectivity index (χ4v) is 7.23. The van der Waals surface area contributed by atoms with E-state index in [4.69, 9.17) is 0 Å². The molecule has 1 aromatic carbocycles. The summed E-state index contributed by atoms with van der Waals surface area (Å²) in [6.45, 7) is 1.95. The van der Waals surface area contributed by atoms with E-state index < -0.39 is 89.6 Å². The molecule has 1 saturated carbocycles. The number of benzene rings is 1. The van der Waals surface area contributed by atoms with Crippen molar-refractivity contribution in [1.29, 1.82) is 0 Å². The first kappa shape index (κ1) is 33.0. The van der Waals surface area contributed by atoms with Crippen molar-refractivity contribution in [3.05, 3.63) is 40.0 Å². The monoisotopic (exact) mass is 663 g/mol. The van der Waals surface area contributed by atoms with Crippen LogP contribution in [0.25, 0.3) is 10.4 Å². The van der Waals surface area contributed by atoms with Gasteiger partial charge in [-0.1, -0.05) is 12.1 Å². The standard InChI is InChI=1S/C25H25F8N3O5S2/c1-11-4-3-7-36(11)22(38)17-18(42-21(35-17)20(37)34-13-9-14(10-13)43(2,40)41)15-6-5-12(8-16(15)19(26)27)23(39,24(28,29)30)25(31,32)33/h5-6,8,11,13-14,19,39H,3-4,7,9-10H2,1-2H3,(H,34,37)/t11-,13?,14?/m0/s1. The predicted molar refractivity (Wildman–Crippen MR) is 137 cm³/mol. The molecule has 2 fully saturated rings. The first-order valence-corrected chi connectivity index (χ1v) is 15.5. The molecule has 2 aliphatic rings. The van der Waals surface area contributed by atoms with Crippen LogP contribution in [0.5, 0.6) is 0 Å². The topological polar surface area (TPSA) is 117 Å². The molecule has 1 aliphatic carbocycles. The molecule has 0 bridgehead atoms. The average molecular weight is 664 g/mol. The van der Waals surface area contributed by atoms with Crippen LogP contribution < -0.4 is 5.32 Å². The third-order valence-electron chi connectivity index (χ3n) is 7.64. The van der Waals surface area contributed by atoms with Crippen LogP contribution in [0.15, 0.2) is 18.2 Å². The summed E-state index contributed by atoms with van der Waals surface area (Å²) in [6.07, 6.45) is -13.9. The van der Waals surface area contributed by atoms with E-state index in [0.717, 1.165) is 6.26 Å². The molecule has 8 nitrogen and oxygen atoms in total. The summed E-state index contributed by atoms with van der Waals surface area (Å²) in [5.41, 5.74) is -9.92. The average Bonchev–Trinajstić information content (AvgIpc) is 3.49. The Hall–Kier alpha value is -2.86. The maximum atomic E-state index is 14.2. The van der Waals surface area contributed by atoms with E-state index in [1.807, 2.05) is 0 Å². The highest BCUT2D eigenvalue weighted by Gasteiger charge is 2.71. The third kappa shape index (κ3) is 6.09. The van der Waals surface area contributed by atoms with Crippen LogP contribution in [-0.2, 0) is 15.4 Å². The van der Waals surface area contributed by atoms with E-state index >= 15 is 0 Å². The molecule has 2 aromatic rings. The van der Waals surface area contributed by atoms with Crippen LogP contribution in [0.4, 0.5) is 35.1 Å². The van der Waals surface area contributed by atoms with Crippen LogP contribution in [0.1, 0.15) is 70.4 Å². The van der Waals surface area contributed by atoms with Crippen molar-refractivity contribution in [2.75, 3.05) is 12.8 Å². The van der Waals surface area contributed by atoms with Crippen molar-refractivity contribution in [2.45, 2.75) is 74.3 Å². The molecule has 18 heteroatoms. The fourth-order valence-electron chi connectivity index (χ4n) is 5.06. The Labute approximate surface area is 244 Å². The Kier molecular flexibility index (Phi) is 8.64. The van der Waals surface area contributed by atoms with E-state index in [1.165, 1.54) is 4.90 Å². The van der Waals surface area contributed by atoms with Crippen molar-refractivity contribution in [2.24, 2.45) is 0 Å². The predicted octanol–water partition coefficient (Wildman–Crippen LogP) is 4.99. The smallest absolute Gasteiger partial charge is 0.369 e. The highest BCUT2D eigenvalue weighted by atomic mass is 32.2. The van der Waals surface area contributed by atoms with Gasteiger partial charge in [0.25, 0.3) is 23.8 Å². The number of aromatic nitrogens is 1. The second kappa shape index (κ2) is 11.3. The number of carbonyl (C=O) groups excluding carboxylic acids is 2. The Morgan fingerprint density at radius 2 is 1.72 bits per heavy atom. The summed E-state index contributed by atoms with van der Waals surface area (Å²) < 4.78 is 132. The summed E-state index contributed by atoms with van der Waals surface area (Å²) in [5, 5.41) is 11.2. The summed E-state index contributed by atoms with van der Waals surface area (Å²) in [5.74, 6) is -1.67. The molecule has 2 heterocycles. The molecule has 0 unspecified atom stereocenters. The number of likely N-dealkylation sites (tertiary alicyclic amines) is 1. The zero-order valence-corrected chi connectivity index (χ0v) is 24.0. The summed E-state index contributed by atoms with van der Waals surface area (Å²) in [4.78, 5) is 31.4. The molecule has 4 rings (SSSR count). The van der Waals surface area contributed by atoms with Crippen molar-refractivity contribution in [3.8, 4) is 10.4 Å². The van der Waals surface area contributed by atoms with E-state index in [2.05, 4.69) is 10.3 Å². The van der Waals surface area contributed by atoms with Crippen molar-refractivity contribution in [1.82, 2.24) is 15.2 Å². The number of hydrogen-bond acceptors (Lipinski definition) is 7. The lowest BCUT2D eigenvalue weighted by Crippen LogP contribution is -2.54. The van der Waals surface area contributed by atoms with E-state index in [1.54, 1.807) is 6.92 Å². The molecule has 1 atom stereocenters. The number of amides is 2. The number of sulfone groups is 1. The SMILES string of the molecule is C[C@H]1CCCN1C(=O)c1nc(C(=O)NC2CC(S(C)(=O)=O)C2)sc1-c1ccc(C(O)(C(F)(F)F)C(F)(F)F)cc1C(F)F. The van der Waals surface area contributed by atoms with Gasteiger partial charge in [0, 0.05) is 41.6 Å². The Bertz CT molecular complexity index is 1500. The number of carbonyl (C=O) groups is 2. The maximum absolute atomic E-state index is 14.2. The van der Waals surface area contributed by atoms with Crippen molar-refractivity contribution in [3.63, 3.8) is 0 Å². The Morgan fingerprint density at radius 3 is 2.21 bits per heavy atom. The highest BCUT2D eigenvalue weighted by Crippen LogP contribution is 2.51. The second-order valence-electron chi connectivity index (χ2n) is 10.6. The molecular weight excluding hydrogens is 638 g/mol. The molecule has 1 aliphatic heterocycles. The zero-order valence-electron chi connectivity index (χ0n) is 22.4. The quantitative estimate of drug-likeness (QED) is 0.404. The lowest BCUT2D eigenvalue weighted by atomic mass is 9.89. The first-order chi connectivity index (χ1) is 19.7.